The molecule has 0 aliphatic carbocycles. The Kier molecular flexibility index (Phi) is 5.67. The third-order valence-corrected chi connectivity index (χ3v) is 3.86. The van der Waals surface area contributed by atoms with Crippen molar-refractivity contribution in [3.05, 3.63) is 27.9 Å². The molecule has 0 amide bonds. The summed E-state index contributed by atoms with van der Waals surface area (Å²) in [6, 6.07) is 3.90. The van der Waals surface area contributed by atoms with Crippen molar-refractivity contribution in [1.82, 2.24) is 5.32 Å². The predicted molar refractivity (Wildman–Crippen MR) is 87.7 cm³/mol. The van der Waals surface area contributed by atoms with Crippen molar-refractivity contribution in [2.45, 2.75) is 27.0 Å². The number of hydrogen-bond acceptors (Lipinski definition) is 4. The maximum atomic E-state index is 6.02. The van der Waals surface area contributed by atoms with Crippen LogP contribution in [-0.2, 0) is 17.9 Å². The molecule has 0 unspecified atom stereocenters. The molecule has 4 nitrogen and oxygen atoms in total. The fourth-order valence-electron chi connectivity index (χ4n) is 2.27. The molecule has 0 saturated carbocycles. The van der Waals surface area contributed by atoms with E-state index in [0.29, 0.717) is 19.1 Å². The minimum absolute atomic E-state index is 0.519. The minimum Gasteiger partial charge on any atom is -0.497 e. The molecular formula is C16H22BrNO3. The molecule has 1 aromatic heterocycles. The summed E-state index contributed by atoms with van der Waals surface area (Å²) >= 11 is 3.54. The zero-order valence-corrected chi connectivity index (χ0v) is 14.5. The molecule has 0 spiro atoms. The summed E-state index contributed by atoms with van der Waals surface area (Å²) in [6.45, 7) is 6.53. The Morgan fingerprint density at radius 1 is 1.29 bits per heavy atom. The Balaban J connectivity index is 2.39. The topological polar surface area (TPSA) is 43.6 Å². The molecule has 0 saturated heterocycles. The van der Waals surface area contributed by atoms with E-state index in [9.17, 15) is 0 Å². The van der Waals surface area contributed by atoms with Crippen LogP contribution in [0.5, 0.6) is 5.75 Å². The molecule has 0 aliphatic heterocycles. The second-order valence-corrected chi connectivity index (χ2v) is 6.30. The molecule has 5 heteroatoms. The van der Waals surface area contributed by atoms with E-state index in [0.717, 1.165) is 39.1 Å². The Hall–Kier alpha value is -1.04. The Labute approximate surface area is 133 Å². The largest absolute Gasteiger partial charge is 0.497 e. The normalized spacial score (nSPS) is 11.5. The van der Waals surface area contributed by atoms with Crippen molar-refractivity contribution >= 4 is 26.9 Å². The first kappa shape index (κ1) is 16.3. The van der Waals surface area contributed by atoms with Crippen molar-refractivity contribution in [2.24, 2.45) is 5.92 Å². The van der Waals surface area contributed by atoms with Crippen LogP contribution < -0.4 is 10.1 Å². The van der Waals surface area contributed by atoms with Crippen LogP contribution in [0.2, 0.25) is 0 Å². The van der Waals surface area contributed by atoms with E-state index >= 15 is 0 Å². The van der Waals surface area contributed by atoms with Crippen molar-refractivity contribution < 1.29 is 13.9 Å². The quantitative estimate of drug-likeness (QED) is 0.811. The molecular weight excluding hydrogens is 334 g/mol. The predicted octanol–water partition coefficient (Wildman–Crippen LogP) is 4.10. The smallest absolute Gasteiger partial charge is 0.149 e. The average molecular weight is 356 g/mol. The van der Waals surface area contributed by atoms with Gasteiger partial charge >= 0.3 is 0 Å². The molecule has 1 aromatic carbocycles. The standard InChI is InChI=1S/C16H22BrNO3/c1-10(2)7-18-8-15-13(9-19-3)12-5-11(20-4)6-14(17)16(12)21-15/h5-6,10,18H,7-9H2,1-4H3. The van der Waals surface area contributed by atoms with Crippen LogP contribution in [-0.4, -0.2) is 20.8 Å². The number of rotatable bonds is 7. The Morgan fingerprint density at radius 3 is 2.67 bits per heavy atom. The molecule has 116 valence electrons. The number of methoxy groups -OCH3 is 2. The van der Waals surface area contributed by atoms with Crippen LogP contribution in [0, 0.1) is 5.92 Å². The summed E-state index contributed by atoms with van der Waals surface area (Å²) in [5, 5.41) is 4.44. The van der Waals surface area contributed by atoms with Gasteiger partial charge in [-0.25, -0.2) is 0 Å². The molecule has 2 rings (SSSR count). The van der Waals surface area contributed by atoms with Gasteiger partial charge in [-0.05, 0) is 40.5 Å². The van der Waals surface area contributed by atoms with E-state index in [1.165, 1.54) is 0 Å². The van der Waals surface area contributed by atoms with Crippen LogP contribution in [0.15, 0.2) is 21.0 Å². The van der Waals surface area contributed by atoms with Crippen LogP contribution in [0.25, 0.3) is 11.0 Å². The fourth-order valence-corrected chi connectivity index (χ4v) is 2.79. The lowest BCUT2D eigenvalue weighted by Crippen LogP contribution is -2.19. The monoisotopic (exact) mass is 355 g/mol. The minimum atomic E-state index is 0.519. The molecule has 1 N–H and O–H groups in total. The van der Waals surface area contributed by atoms with Gasteiger partial charge in [0.2, 0.25) is 0 Å². The van der Waals surface area contributed by atoms with Gasteiger partial charge in [-0.1, -0.05) is 13.8 Å². The average Bonchev–Trinajstić information content (AvgIpc) is 2.78. The summed E-state index contributed by atoms with van der Waals surface area (Å²) in [5.41, 5.74) is 1.91. The number of furan rings is 1. The summed E-state index contributed by atoms with van der Waals surface area (Å²) in [4.78, 5) is 0. The van der Waals surface area contributed by atoms with E-state index in [1.54, 1.807) is 14.2 Å². The molecule has 0 atom stereocenters. The first-order chi connectivity index (χ1) is 10.1. The second-order valence-electron chi connectivity index (χ2n) is 5.45. The van der Waals surface area contributed by atoms with Crippen molar-refractivity contribution in [3.63, 3.8) is 0 Å². The molecule has 0 bridgehead atoms. The van der Waals surface area contributed by atoms with Gasteiger partial charge < -0.3 is 19.2 Å². The van der Waals surface area contributed by atoms with Crippen LogP contribution >= 0.6 is 15.9 Å². The van der Waals surface area contributed by atoms with E-state index in [1.807, 2.05) is 12.1 Å². The number of hydrogen-bond donors (Lipinski definition) is 1. The maximum Gasteiger partial charge on any atom is 0.149 e. The van der Waals surface area contributed by atoms with E-state index in [-0.39, 0.29) is 0 Å². The van der Waals surface area contributed by atoms with Crippen molar-refractivity contribution in [3.8, 4) is 5.75 Å². The third kappa shape index (κ3) is 3.78. The summed E-state index contributed by atoms with van der Waals surface area (Å²) in [7, 11) is 3.36. The zero-order valence-electron chi connectivity index (χ0n) is 13.0. The number of halogens is 1. The fraction of sp³-hybridized carbons (Fsp3) is 0.500. The van der Waals surface area contributed by atoms with Crippen LogP contribution in [0.4, 0.5) is 0 Å². The van der Waals surface area contributed by atoms with Gasteiger partial charge in [0.15, 0.2) is 0 Å². The van der Waals surface area contributed by atoms with E-state index < -0.39 is 0 Å². The summed E-state index contributed by atoms with van der Waals surface area (Å²) in [6.07, 6.45) is 0. The van der Waals surface area contributed by atoms with Gasteiger partial charge in [0, 0.05) is 18.1 Å². The lowest BCUT2D eigenvalue weighted by molar-refractivity contribution is 0.183. The lowest BCUT2D eigenvalue weighted by Gasteiger charge is -2.07. The highest BCUT2D eigenvalue weighted by Crippen LogP contribution is 2.35. The maximum absolute atomic E-state index is 6.02. The second kappa shape index (κ2) is 7.29. The van der Waals surface area contributed by atoms with E-state index in [2.05, 4.69) is 35.1 Å². The molecule has 2 aromatic rings. The number of ether oxygens (including phenoxy) is 2. The lowest BCUT2D eigenvalue weighted by atomic mass is 10.1. The Morgan fingerprint density at radius 2 is 2.05 bits per heavy atom. The van der Waals surface area contributed by atoms with Crippen LogP contribution in [0.1, 0.15) is 25.2 Å². The SMILES string of the molecule is COCc1c(CNCC(C)C)oc2c(Br)cc(OC)cc12. The van der Waals surface area contributed by atoms with Gasteiger partial charge in [0.1, 0.15) is 17.1 Å². The highest BCUT2D eigenvalue weighted by atomic mass is 79.9. The third-order valence-electron chi connectivity index (χ3n) is 3.27. The van der Waals surface area contributed by atoms with Crippen LogP contribution in [0.3, 0.4) is 0 Å². The summed E-state index contributed by atoms with van der Waals surface area (Å²) < 4.78 is 17.6. The van der Waals surface area contributed by atoms with E-state index in [4.69, 9.17) is 13.9 Å². The highest BCUT2D eigenvalue weighted by Gasteiger charge is 2.17. The van der Waals surface area contributed by atoms with Crippen molar-refractivity contribution in [2.75, 3.05) is 20.8 Å². The summed E-state index contributed by atoms with van der Waals surface area (Å²) in [5.74, 6) is 2.32. The first-order valence-electron chi connectivity index (χ1n) is 7.04. The number of fused-ring (bicyclic) bond motifs is 1. The van der Waals surface area contributed by atoms with Gasteiger partial charge in [-0.2, -0.15) is 0 Å². The van der Waals surface area contributed by atoms with Crippen molar-refractivity contribution in [1.29, 1.82) is 0 Å². The van der Waals surface area contributed by atoms with Gasteiger partial charge in [-0.3, -0.25) is 0 Å². The van der Waals surface area contributed by atoms with Gasteiger partial charge in [-0.15, -0.1) is 0 Å². The molecule has 0 fully saturated rings. The highest BCUT2D eigenvalue weighted by molar-refractivity contribution is 9.10. The molecule has 0 radical (unpaired) electrons. The van der Waals surface area contributed by atoms with Gasteiger partial charge in [0.25, 0.3) is 0 Å². The Bertz CT molecular complexity index is 607. The zero-order chi connectivity index (χ0) is 15.4. The molecule has 1 heterocycles. The van der Waals surface area contributed by atoms with Gasteiger partial charge in [0.05, 0.1) is 24.7 Å². The number of nitrogens with one attached hydrogen (secondary N) is 1. The molecule has 21 heavy (non-hydrogen) atoms. The number of benzene rings is 1. The molecule has 0 aliphatic rings. The first-order valence-corrected chi connectivity index (χ1v) is 7.83.